The molecule has 0 radical (unpaired) electrons. The second kappa shape index (κ2) is 5.60. The highest BCUT2D eigenvalue weighted by molar-refractivity contribution is 9.11. The third-order valence-electron chi connectivity index (χ3n) is 3.81. The Morgan fingerprint density at radius 2 is 2.04 bits per heavy atom. The molecular weight excluding hydrogens is 396 g/mol. The van der Waals surface area contributed by atoms with Gasteiger partial charge in [0, 0.05) is 5.56 Å². The number of nitrogens with zero attached hydrogens (tertiary/aromatic N) is 2. The first-order valence-corrected chi connectivity index (χ1v) is 8.44. The van der Waals surface area contributed by atoms with Crippen molar-refractivity contribution in [3.63, 3.8) is 0 Å². The summed E-state index contributed by atoms with van der Waals surface area (Å²) >= 11 is 4.30. The first-order valence-electron chi connectivity index (χ1n) is 6.84. The van der Waals surface area contributed by atoms with Gasteiger partial charge in [0.15, 0.2) is 3.92 Å². The van der Waals surface area contributed by atoms with Crippen molar-refractivity contribution in [2.24, 2.45) is 5.73 Å². The molecule has 0 spiro atoms. The van der Waals surface area contributed by atoms with Crippen LogP contribution in [0.15, 0.2) is 20.8 Å². The Morgan fingerprint density at radius 3 is 2.67 bits per heavy atom. The van der Waals surface area contributed by atoms with Crippen LogP contribution in [0.25, 0.3) is 15.9 Å². The lowest BCUT2D eigenvalue weighted by Crippen LogP contribution is -2.27. The van der Waals surface area contributed by atoms with E-state index in [4.69, 9.17) is 11.5 Å². The van der Waals surface area contributed by atoms with Crippen LogP contribution in [0.3, 0.4) is 0 Å². The molecule has 1 aromatic carbocycles. The molecule has 0 bridgehead atoms. The van der Waals surface area contributed by atoms with Gasteiger partial charge in [-0.25, -0.2) is 4.98 Å². The van der Waals surface area contributed by atoms with E-state index in [1.54, 1.807) is 19.9 Å². The van der Waals surface area contributed by atoms with Crippen molar-refractivity contribution < 1.29 is 9.90 Å². The van der Waals surface area contributed by atoms with E-state index in [1.165, 1.54) is 10.6 Å². The molecule has 1 amide bonds. The van der Waals surface area contributed by atoms with E-state index in [-0.39, 0.29) is 27.3 Å². The zero-order valence-electron chi connectivity index (χ0n) is 12.8. The van der Waals surface area contributed by atoms with Crippen LogP contribution in [0.4, 0.5) is 5.82 Å². The molecule has 3 aromatic rings. The van der Waals surface area contributed by atoms with E-state index in [0.29, 0.717) is 15.2 Å². The van der Waals surface area contributed by atoms with Gasteiger partial charge in [0.25, 0.3) is 11.5 Å². The van der Waals surface area contributed by atoms with E-state index in [9.17, 15) is 14.7 Å². The van der Waals surface area contributed by atoms with Crippen LogP contribution in [0, 0.1) is 13.8 Å². The number of benzene rings is 1. The molecule has 0 saturated heterocycles. The average molecular weight is 409 g/mol. The van der Waals surface area contributed by atoms with E-state index in [1.807, 2.05) is 0 Å². The number of phenolic OH excluding ortho intramolecular Hbond substituents is 1. The van der Waals surface area contributed by atoms with Gasteiger partial charge >= 0.3 is 0 Å². The number of aromatic hydroxyl groups is 1. The van der Waals surface area contributed by atoms with Crippen molar-refractivity contribution in [3.8, 4) is 11.4 Å². The standard InChI is InChI=1S/C15H13BrN4O3S/c1-5-3-4-7(21)6(2)10(5)20-12(17)8(13(18)22)9-11(14(20)23)24-15(16)19-9/h3-4,21H,17H2,1-2H3,(H2,18,22). The number of halogens is 1. The van der Waals surface area contributed by atoms with Gasteiger partial charge in [0.1, 0.15) is 27.3 Å². The molecule has 7 nitrogen and oxygen atoms in total. The highest BCUT2D eigenvalue weighted by atomic mass is 79.9. The van der Waals surface area contributed by atoms with Crippen molar-refractivity contribution >= 4 is 49.2 Å². The second-order valence-electron chi connectivity index (χ2n) is 5.28. The van der Waals surface area contributed by atoms with Crippen LogP contribution in [0.5, 0.6) is 5.75 Å². The number of aromatic nitrogens is 2. The van der Waals surface area contributed by atoms with Crippen LogP contribution < -0.4 is 17.0 Å². The Labute approximate surface area is 148 Å². The lowest BCUT2D eigenvalue weighted by atomic mass is 10.1. The summed E-state index contributed by atoms with van der Waals surface area (Å²) in [5, 5.41) is 10.00. The zero-order valence-corrected chi connectivity index (χ0v) is 15.2. The minimum atomic E-state index is -0.778. The van der Waals surface area contributed by atoms with Crippen LogP contribution in [-0.4, -0.2) is 20.6 Å². The molecule has 9 heteroatoms. The predicted molar refractivity (Wildman–Crippen MR) is 97.0 cm³/mol. The predicted octanol–water partition coefficient (Wildman–Crippen LogP) is 2.21. The molecule has 0 aliphatic rings. The lowest BCUT2D eigenvalue weighted by Gasteiger charge is -2.17. The maximum Gasteiger partial charge on any atom is 0.276 e. The third-order valence-corrected chi connectivity index (χ3v) is 5.30. The molecule has 0 unspecified atom stereocenters. The number of pyridine rings is 1. The maximum atomic E-state index is 13.0. The summed E-state index contributed by atoms with van der Waals surface area (Å²) in [5.41, 5.74) is 12.9. The van der Waals surface area contributed by atoms with E-state index in [2.05, 4.69) is 20.9 Å². The summed E-state index contributed by atoms with van der Waals surface area (Å²) in [4.78, 5) is 29.0. The summed E-state index contributed by atoms with van der Waals surface area (Å²) in [6.07, 6.45) is 0. The molecular formula is C15H13BrN4O3S. The van der Waals surface area contributed by atoms with Gasteiger partial charge in [-0.05, 0) is 41.4 Å². The van der Waals surface area contributed by atoms with Crippen molar-refractivity contribution in [1.29, 1.82) is 0 Å². The first-order chi connectivity index (χ1) is 11.2. The molecule has 0 aliphatic carbocycles. The lowest BCUT2D eigenvalue weighted by molar-refractivity contribution is 0.100. The molecule has 0 atom stereocenters. The number of thiazole rings is 1. The zero-order chi connectivity index (χ0) is 17.8. The Bertz CT molecular complexity index is 1070. The van der Waals surface area contributed by atoms with Gasteiger partial charge in [-0.15, -0.1) is 11.3 Å². The van der Waals surface area contributed by atoms with Gasteiger partial charge in [-0.2, -0.15) is 0 Å². The quantitative estimate of drug-likeness (QED) is 0.599. The Balaban J connectivity index is 2.58. The van der Waals surface area contributed by atoms with Gasteiger partial charge in [-0.1, -0.05) is 6.07 Å². The van der Waals surface area contributed by atoms with E-state index >= 15 is 0 Å². The van der Waals surface area contributed by atoms with Gasteiger partial charge in [0.2, 0.25) is 0 Å². The summed E-state index contributed by atoms with van der Waals surface area (Å²) in [7, 11) is 0. The SMILES string of the molecule is Cc1ccc(O)c(C)c1-n1c(N)c(C(N)=O)c2nc(Br)sc2c1=O. The summed E-state index contributed by atoms with van der Waals surface area (Å²) in [6.45, 7) is 3.45. The molecule has 0 fully saturated rings. The Hall–Kier alpha value is -2.39. The Morgan fingerprint density at radius 1 is 1.38 bits per heavy atom. The number of amides is 1. The van der Waals surface area contributed by atoms with Crippen LogP contribution >= 0.6 is 27.3 Å². The highest BCUT2D eigenvalue weighted by Gasteiger charge is 2.24. The summed E-state index contributed by atoms with van der Waals surface area (Å²) in [5.74, 6) is -0.859. The van der Waals surface area contributed by atoms with E-state index in [0.717, 1.165) is 16.9 Å². The number of nitrogens with two attached hydrogens (primary N) is 2. The summed E-state index contributed by atoms with van der Waals surface area (Å²) < 4.78 is 1.91. The fraction of sp³-hybridized carbons (Fsp3) is 0.133. The van der Waals surface area contributed by atoms with Crippen molar-refractivity contribution in [2.75, 3.05) is 5.73 Å². The molecule has 2 heterocycles. The number of anilines is 1. The van der Waals surface area contributed by atoms with Crippen LogP contribution in [0.1, 0.15) is 21.5 Å². The second-order valence-corrected chi connectivity index (χ2v) is 7.56. The van der Waals surface area contributed by atoms with Gasteiger partial charge in [-0.3, -0.25) is 14.2 Å². The minimum absolute atomic E-state index is 0.0197. The molecule has 0 saturated carbocycles. The molecule has 3 rings (SSSR count). The molecule has 2 aromatic heterocycles. The van der Waals surface area contributed by atoms with Crippen molar-refractivity contribution in [1.82, 2.24) is 9.55 Å². The third kappa shape index (κ3) is 2.28. The van der Waals surface area contributed by atoms with Crippen LogP contribution in [-0.2, 0) is 0 Å². The normalized spacial score (nSPS) is 11.1. The monoisotopic (exact) mass is 408 g/mol. The number of aryl methyl sites for hydroxylation is 1. The Kier molecular flexibility index (Phi) is 3.84. The van der Waals surface area contributed by atoms with Gasteiger partial charge in [0.05, 0.1) is 5.69 Å². The number of primary amides is 1. The number of nitrogen functional groups attached to an aromatic ring is 1. The van der Waals surface area contributed by atoms with Gasteiger partial charge < -0.3 is 16.6 Å². The largest absolute Gasteiger partial charge is 0.508 e. The first kappa shape index (κ1) is 16.5. The molecule has 5 N–H and O–H groups in total. The number of carbonyl (C=O) groups is 1. The molecule has 124 valence electrons. The smallest absolute Gasteiger partial charge is 0.276 e. The summed E-state index contributed by atoms with van der Waals surface area (Å²) in [6, 6.07) is 3.20. The van der Waals surface area contributed by atoms with E-state index < -0.39 is 11.5 Å². The minimum Gasteiger partial charge on any atom is -0.508 e. The number of fused-ring (bicyclic) bond motifs is 1. The fourth-order valence-corrected chi connectivity index (χ4v) is 4.08. The fourth-order valence-electron chi connectivity index (χ4n) is 2.69. The number of rotatable bonds is 2. The average Bonchev–Trinajstić information content (AvgIpc) is 2.87. The molecule has 24 heavy (non-hydrogen) atoms. The number of hydrogen-bond donors (Lipinski definition) is 3. The molecule has 0 aliphatic heterocycles. The topological polar surface area (TPSA) is 124 Å². The van der Waals surface area contributed by atoms with Crippen molar-refractivity contribution in [2.45, 2.75) is 13.8 Å². The van der Waals surface area contributed by atoms with Crippen LogP contribution in [0.2, 0.25) is 0 Å². The number of carbonyl (C=O) groups excluding carboxylic acids is 1. The van der Waals surface area contributed by atoms with Crippen molar-refractivity contribution in [3.05, 3.63) is 43.1 Å². The number of hydrogen-bond acceptors (Lipinski definition) is 6. The highest BCUT2D eigenvalue weighted by Crippen LogP contribution is 2.33. The number of phenols is 1. The maximum absolute atomic E-state index is 13.0.